The maximum atomic E-state index is 11.6. The fourth-order valence-electron chi connectivity index (χ4n) is 3.46. The van der Waals surface area contributed by atoms with E-state index in [0.29, 0.717) is 5.92 Å². The summed E-state index contributed by atoms with van der Waals surface area (Å²) in [5.41, 5.74) is -0.618. The molecule has 1 fully saturated rings. The van der Waals surface area contributed by atoms with E-state index in [9.17, 15) is 9.90 Å². The minimum Gasteiger partial charge on any atom is -0.480 e. The summed E-state index contributed by atoms with van der Waals surface area (Å²) in [5, 5.41) is 12.8. The van der Waals surface area contributed by atoms with Gasteiger partial charge in [-0.15, -0.1) is 0 Å². The standard InChI is InChI=1S/C13H25NO2/c1-9(2)14-13(11(15)16)7-10(3)6-12(4,5)8-13/h9-10,14H,6-8H2,1-5H3,(H,15,16). The summed E-state index contributed by atoms with van der Waals surface area (Å²) in [5.74, 6) is -0.230. The summed E-state index contributed by atoms with van der Waals surface area (Å²) in [6.45, 7) is 10.5. The number of hydrogen-bond acceptors (Lipinski definition) is 2. The number of hydrogen-bond donors (Lipinski definition) is 2. The Morgan fingerprint density at radius 1 is 1.38 bits per heavy atom. The minimum absolute atomic E-state index is 0.109. The van der Waals surface area contributed by atoms with Gasteiger partial charge in [-0.3, -0.25) is 10.1 Å². The van der Waals surface area contributed by atoms with E-state index in [4.69, 9.17) is 0 Å². The predicted molar refractivity (Wildman–Crippen MR) is 65.4 cm³/mol. The van der Waals surface area contributed by atoms with Gasteiger partial charge in [-0.2, -0.15) is 0 Å². The van der Waals surface area contributed by atoms with Crippen LogP contribution in [0.1, 0.15) is 53.9 Å². The Morgan fingerprint density at radius 3 is 2.31 bits per heavy atom. The van der Waals surface area contributed by atoms with Crippen LogP contribution in [-0.2, 0) is 4.79 Å². The smallest absolute Gasteiger partial charge is 0.323 e. The number of carboxylic acids is 1. The molecule has 1 aliphatic carbocycles. The van der Waals surface area contributed by atoms with Gasteiger partial charge in [0, 0.05) is 6.04 Å². The molecule has 0 bridgehead atoms. The van der Waals surface area contributed by atoms with Crippen LogP contribution in [0.2, 0.25) is 0 Å². The molecule has 0 spiro atoms. The molecule has 1 saturated carbocycles. The molecule has 0 aromatic rings. The van der Waals surface area contributed by atoms with Gasteiger partial charge in [0.2, 0.25) is 0 Å². The molecule has 3 heteroatoms. The molecule has 1 rings (SSSR count). The fourth-order valence-corrected chi connectivity index (χ4v) is 3.46. The molecule has 94 valence electrons. The molecule has 0 aromatic carbocycles. The molecule has 0 aromatic heterocycles. The second kappa shape index (κ2) is 4.36. The Bertz CT molecular complexity index is 269. The molecule has 3 nitrogen and oxygen atoms in total. The maximum absolute atomic E-state index is 11.6. The molecule has 1 aliphatic rings. The van der Waals surface area contributed by atoms with Crippen molar-refractivity contribution in [2.24, 2.45) is 11.3 Å². The van der Waals surface area contributed by atoms with Crippen LogP contribution < -0.4 is 5.32 Å². The van der Waals surface area contributed by atoms with Crippen molar-refractivity contribution in [1.82, 2.24) is 5.32 Å². The maximum Gasteiger partial charge on any atom is 0.323 e. The molecule has 0 saturated heterocycles. The van der Waals surface area contributed by atoms with Crippen molar-refractivity contribution in [2.75, 3.05) is 0 Å². The molecule has 0 radical (unpaired) electrons. The van der Waals surface area contributed by atoms with E-state index in [1.165, 1.54) is 0 Å². The van der Waals surface area contributed by atoms with Gasteiger partial charge in [0.25, 0.3) is 0 Å². The first kappa shape index (κ1) is 13.5. The summed E-state index contributed by atoms with van der Waals surface area (Å²) in [6, 6.07) is 0.206. The molecule has 2 unspecified atom stereocenters. The van der Waals surface area contributed by atoms with Crippen LogP contribution in [0.5, 0.6) is 0 Å². The number of aliphatic carboxylic acids is 1. The van der Waals surface area contributed by atoms with E-state index in [1.54, 1.807) is 0 Å². The van der Waals surface area contributed by atoms with Crippen molar-refractivity contribution >= 4 is 5.97 Å². The van der Waals surface area contributed by atoms with Gasteiger partial charge in [0.05, 0.1) is 0 Å². The van der Waals surface area contributed by atoms with E-state index in [2.05, 4.69) is 26.1 Å². The zero-order valence-corrected chi connectivity index (χ0v) is 11.1. The SMILES string of the molecule is CC1CC(C)(C)CC(NC(C)C)(C(=O)O)C1. The van der Waals surface area contributed by atoms with E-state index in [1.807, 2.05) is 13.8 Å². The van der Waals surface area contributed by atoms with Gasteiger partial charge in [-0.1, -0.05) is 20.8 Å². The van der Waals surface area contributed by atoms with E-state index >= 15 is 0 Å². The molecule has 0 amide bonds. The number of carboxylic acid groups (broad SMARTS) is 1. The molecule has 2 N–H and O–H groups in total. The normalized spacial score (nSPS) is 34.0. The predicted octanol–water partition coefficient (Wildman–Crippen LogP) is 2.65. The van der Waals surface area contributed by atoms with Gasteiger partial charge < -0.3 is 5.11 Å². The summed E-state index contributed by atoms with van der Waals surface area (Å²) < 4.78 is 0. The molecular formula is C13H25NO2. The number of rotatable bonds is 3. The van der Waals surface area contributed by atoms with Crippen molar-refractivity contribution in [3.05, 3.63) is 0 Å². The zero-order chi connectivity index (χ0) is 12.6. The van der Waals surface area contributed by atoms with Crippen molar-refractivity contribution in [1.29, 1.82) is 0 Å². The topological polar surface area (TPSA) is 49.3 Å². The van der Waals surface area contributed by atoms with E-state index in [-0.39, 0.29) is 11.5 Å². The highest BCUT2D eigenvalue weighted by atomic mass is 16.4. The first-order chi connectivity index (χ1) is 7.17. The first-order valence-corrected chi connectivity index (χ1v) is 6.18. The molecule has 2 atom stereocenters. The Morgan fingerprint density at radius 2 is 1.94 bits per heavy atom. The highest BCUT2D eigenvalue weighted by Gasteiger charge is 2.48. The minimum atomic E-state index is -0.727. The molecule has 16 heavy (non-hydrogen) atoms. The third kappa shape index (κ3) is 2.97. The fraction of sp³-hybridized carbons (Fsp3) is 0.923. The quantitative estimate of drug-likeness (QED) is 0.779. The molecule has 0 aliphatic heterocycles. The lowest BCUT2D eigenvalue weighted by molar-refractivity contribution is -0.150. The highest BCUT2D eigenvalue weighted by molar-refractivity contribution is 5.79. The summed E-state index contributed by atoms with van der Waals surface area (Å²) in [7, 11) is 0. The Labute approximate surface area is 98.6 Å². The summed E-state index contributed by atoms with van der Waals surface area (Å²) >= 11 is 0. The lowest BCUT2D eigenvalue weighted by atomic mass is 9.64. The van der Waals surface area contributed by atoms with Gasteiger partial charge in [-0.25, -0.2) is 0 Å². The van der Waals surface area contributed by atoms with Crippen LogP contribution in [0, 0.1) is 11.3 Å². The van der Waals surface area contributed by atoms with Crippen LogP contribution in [0.3, 0.4) is 0 Å². The average Bonchev–Trinajstić information content (AvgIpc) is 1.96. The zero-order valence-electron chi connectivity index (χ0n) is 11.1. The van der Waals surface area contributed by atoms with Crippen molar-refractivity contribution in [3.8, 4) is 0 Å². The van der Waals surface area contributed by atoms with Crippen LogP contribution in [-0.4, -0.2) is 22.7 Å². The Kier molecular flexibility index (Phi) is 3.68. The third-order valence-corrected chi connectivity index (χ3v) is 3.35. The highest BCUT2D eigenvalue weighted by Crippen LogP contribution is 2.44. The lowest BCUT2D eigenvalue weighted by Gasteiger charge is -2.46. The van der Waals surface area contributed by atoms with Crippen LogP contribution >= 0.6 is 0 Å². The van der Waals surface area contributed by atoms with Crippen molar-refractivity contribution in [2.45, 2.75) is 65.5 Å². The van der Waals surface area contributed by atoms with Crippen LogP contribution in [0.25, 0.3) is 0 Å². The first-order valence-electron chi connectivity index (χ1n) is 6.18. The Hall–Kier alpha value is -0.570. The molecular weight excluding hydrogens is 202 g/mol. The van der Waals surface area contributed by atoms with Crippen LogP contribution in [0.15, 0.2) is 0 Å². The largest absolute Gasteiger partial charge is 0.480 e. The monoisotopic (exact) mass is 227 g/mol. The summed E-state index contributed by atoms with van der Waals surface area (Å²) in [6.07, 6.45) is 2.57. The van der Waals surface area contributed by atoms with Gasteiger partial charge >= 0.3 is 5.97 Å². The lowest BCUT2D eigenvalue weighted by Crippen LogP contribution is -2.59. The van der Waals surface area contributed by atoms with Crippen molar-refractivity contribution in [3.63, 3.8) is 0 Å². The van der Waals surface area contributed by atoms with Gasteiger partial charge in [0.15, 0.2) is 0 Å². The van der Waals surface area contributed by atoms with E-state index < -0.39 is 11.5 Å². The Balaban J connectivity index is 2.96. The van der Waals surface area contributed by atoms with Gasteiger partial charge in [-0.05, 0) is 44.4 Å². The second-order valence-electron chi connectivity index (χ2n) is 6.54. The average molecular weight is 227 g/mol. The number of carbonyl (C=O) groups is 1. The molecule has 0 heterocycles. The second-order valence-corrected chi connectivity index (χ2v) is 6.54. The summed E-state index contributed by atoms with van der Waals surface area (Å²) in [4.78, 5) is 11.6. The van der Waals surface area contributed by atoms with E-state index in [0.717, 1.165) is 19.3 Å². The van der Waals surface area contributed by atoms with Crippen LogP contribution in [0.4, 0.5) is 0 Å². The van der Waals surface area contributed by atoms with Crippen molar-refractivity contribution < 1.29 is 9.90 Å². The third-order valence-electron chi connectivity index (χ3n) is 3.35. The number of nitrogens with one attached hydrogen (secondary N) is 1. The van der Waals surface area contributed by atoms with Gasteiger partial charge in [0.1, 0.15) is 5.54 Å².